The van der Waals surface area contributed by atoms with Crippen molar-refractivity contribution < 1.29 is 4.57 Å². The van der Waals surface area contributed by atoms with Gasteiger partial charge in [0.15, 0.2) is 6.20 Å². The van der Waals surface area contributed by atoms with E-state index >= 15 is 0 Å². The Balaban J connectivity index is 1.95. The normalized spacial score (nSPS) is 11.2. The van der Waals surface area contributed by atoms with E-state index in [0.717, 1.165) is 16.9 Å². The molecule has 0 saturated heterocycles. The van der Waals surface area contributed by atoms with Crippen molar-refractivity contribution in [1.82, 2.24) is 9.55 Å². The predicted molar refractivity (Wildman–Crippen MR) is 102 cm³/mol. The predicted octanol–water partition coefficient (Wildman–Crippen LogP) is 4.35. The monoisotopic (exact) mass is 328 g/mol. The Morgan fingerprint density at radius 1 is 0.920 bits per heavy atom. The molecule has 0 unspecified atom stereocenters. The SMILES string of the molecule is Cc1ccc2c(c1)nc(-c1cccc(-c3cccc[n+]3C)c1C)n2C. The lowest BCUT2D eigenvalue weighted by atomic mass is 9.99. The van der Waals surface area contributed by atoms with E-state index in [0.29, 0.717) is 0 Å². The lowest BCUT2D eigenvalue weighted by Crippen LogP contribution is -2.30. The summed E-state index contributed by atoms with van der Waals surface area (Å²) in [6.07, 6.45) is 2.08. The van der Waals surface area contributed by atoms with Crippen LogP contribution in [0.4, 0.5) is 0 Å². The highest BCUT2D eigenvalue weighted by atomic mass is 15.1. The van der Waals surface area contributed by atoms with Crippen LogP contribution in [-0.4, -0.2) is 9.55 Å². The number of hydrogen-bond acceptors (Lipinski definition) is 1. The van der Waals surface area contributed by atoms with Gasteiger partial charge in [0.05, 0.1) is 11.0 Å². The fourth-order valence-corrected chi connectivity index (χ4v) is 3.51. The van der Waals surface area contributed by atoms with E-state index in [1.807, 2.05) is 0 Å². The number of aryl methyl sites for hydroxylation is 3. The van der Waals surface area contributed by atoms with Crippen molar-refractivity contribution in [3.63, 3.8) is 0 Å². The average Bonchev–Trinajstić information content (AvgIpc) is 2.92. The van der Waals surface area contributed by atoms with Gasteiger partial charge >= 0.3 is 0 Å². The maximum absolute atomic E-state index is 4.92. The number of benzene rings is 2. The van der Waals surface area contributed by atoms with Crippen molar-refractivity contribution in [2.24, 2.45) is 14.1 Å². The molecule has 3 nitrogen and oxygen atoms in total. The van der Waals surface area contributed by atoms with E-state index in [2.05, 4.69) is 97.9 Å². The Bertz CT molecular complexity index is 1090. The highest BCUT2D eigenvalue weighted by Crippen LogP contribution is 2.31. The Morgan fingerprint density at radius 3 is 2.52 bits per heavy atom. The Morgan fingerprint density at radius 2 is 1.72 bits per heavy atom. The molecule has 0 amide bonds. The van der Waals surface area contributed by atoms with E-state index in [-0.39, 0.29) is 0 Å². The summed E-state index contributed by atoms with van der Waals surface area (Å²) in [4.78, 5) is 4.92. The van der Waals surface area contributed by atoms with Crippen LogP contribution in [0.25, 0.3) is 33.7 Å². The molecule has 0 radical (unpaired) electrons. The van der Waals surface area contributed by atoms with E-state index in [1.54, 1.807) is 0 Å². The van der Waals surface area contributed by atoms with Crippen LogP contribution in [0, 0.1) is 13.8 Å². The van der Waals surface area contributed by atoms with Gasteiger partial charge in [0.2, 0.25) is 5.69 Å². The number of aromatic nitrogens is 3. The summed E-state index contributed by atoms with van der Waals surface area (Å²) in [5.41, 5.74) is 8.32. The highest BCUT2D eigenvalue weighted by Gasteiger charge is 2.17. The molecule has 2 aromatic heterocycles. The molecule has 0 atom stereocenters. The fourth-order valence-electron chi connectivity index (χ4n) is 3.51. The molecule has 4 rings (SSSR count). The Hall–Kier alpha value is -2.94. The van der Waals surface area contributed by atoms with Crippen LogP contribution in [-0.2, 0) is 14.1 Å². The first-order valence-corrected chi connectivity index (χ1v) is 8.54. The zero-order chi connectivity index (χ0) is 17.6. The summed E-state index contributed by atoms with van der Waals surface area (Å²) in [6.45, 7) is 4.29. The average molecular weight is 328 g/mol. The van der Waals surface area contributed by atoms with Gasteiger partial charge in [-0.1, -0.05) is 18.2 Å². The molecule has 0 aliphatic rings. The number of imidazole rings is 1. The number of rotatable bonds is 2. The van der Waals surface area contributed by atoms with Gasteiger partial charge in [-0.15, -0.1) is 0 Å². The third kappa shape index (κ3) is 2.52. The first-order chi connectivity index (χ1) is 12.1. The van der Waals surface area contributed by atoms with Crippen LogP contribution in [0.2, 0.25) is 0 Å². The third-order valence-corrected chi connectivity index (χ3v) is 4.94. The van der Waals surface area contributed by atoms with E-state index in [1.165, 1.54) is 27.9 Å². The summed E-state index contributed by atoms with van der Waals surface area (Å²) >= 11 is 0. The summed E-state index contributed by atoms with van der Waals surface area (Å²) in [6, 6.07) is 19.2. The van der Waals surface area contributed by atoms with Crippen LogP contribution < -0.4 is 4.57 Å². The number of nitrogens with zero attached hydrogens (tertiary/aromatic N) is 3. The molecule has 124 valence electrons. The van der Waals surface area contributed by atoms with Gasteiger partial charge < -0.3 is 4.57 Å². The van der Waals surface area contributed by atoms with Crippen LogP contribution in [0.5, 0.6) is 0 Å². The molecule has 2 heterocycles. The second-order valence-corrected chi connectivity index (χ2v) is 6.66. The molecule has 25 heavy (non-hydrogen) atoms. The summed E-state index contributed by atoms with van der Waals surface area (Å²) < 4.78 is 4.34. The lowest BCUT2D eigenvalue weighted by molar-refractivity contribution is -0.660. The Kier molecular flexibility index (Phi) is 3.65. The standard InChI is InChI=1S/C22H22N3/c1-15-11-12-21-19(14-15)23-22(25(21)4)18-9-7-8-17(16(18)2)20-10-5-6-13-24(20)3/h5-14H,1-4H3/q+1. The van der Waals surface area contributed by atoms with Crippen LogP contribution in [0.3, 0.4) is 0 Å². The molecule has 0 aliphatic carbocycles. The first-order valence-electron chi connectivity index (χ1n) is 8.54. The topological polar surface area (TPSA) is 21.7 Å². The van der Waals surface area contributed by atoms with E-state index < -0.39 is 0 Å². The number of pyridine rings is 1. The minimum Gasteiger partial charge on any atom is -0.327 e. The molecule has 0 spiro atoms. The minimum absolute atomic E-state index is 1.01. The third-order valence-electron chi connectivity index (χ3n) is 4.94. The van der Waals surface area contributed by atoms with Crippen molar-refractivity contribution in [1.29, 1.82) is 0 Å². The van der Waals surface area contributed by atoms with Gasteiger partial charge in [-0.2, -0.15) is 0 Å². The molecule has 0 bridgehead atoms. The van der Waals surface area contributed by atoms with Crippen molar-refractivity contribution in [3.05, 3.63) is 71.9 Å². The number of hydrogen-bond donors (Lipinski definition) is 0. The van der Waals surface area contributed by atoms with Gasteiger partial charge in [-0.05, 0) is 49.2 Å². The van der Waals surface area contributed by atoms with Crippen LogP contribution in [0.15, 0.2) is 60.8 Å². The maximum atomic E-state index is 4.92. The summed E-state index contributed by atoms with van der Waals surface area (Å²) in [5.74, 6) is 1.01. The van der Waals surface area contributed by atoms with Gasteiger partial charge in [0.1, 0.15) is 12.9 Å². The zero-order valence-electron chi connectivity index (χ0n) is 15.1. The molecule has 0 N–H and O–H groups in total. The van der Waals surface area contributed by atoms with Gasteiger partial charge in [-0.25, -0.2) is 9.55 Å². The molecule has 3 heteroatoms. The van der Waals surface area contributed by atoms with E-state index in [4.69, 9.17) is 4.98 Å². The summed E-state index contributed by atoms with van der Waals surface area (Å²) in [7, 11) is 4.17. The fraction of sp³-hybridized carbons (Fsp3) is 0.182. The van der Waals surface area contributed by atoms with Gasteiger partial charge in [-0.3, -0.25) is 0 Å². The molecule has 2 aromatic carbocycles. The second kappa shape index (κ2) is 5.85. The largest absolute Gasteiger partial charge is 0.327 e. The second-order valence-electron chi connectivity index (χ2n) is 6.66. The van der Waals surface area contributed by atoms with Crippen molar-refractivity contribution in [3.8, 4) is 22.6 Å². The quantitative estimate of drug-likeness (QED) is 0.501. The van der Waals surface area contributed by atoms with Crippen LogP contribution in [0.1, 0.15) is 11.1 Å². The molecule has 0 saturated carbocycles. The maximum Gasteiger partial charge on any atom is 0.212 e. The lowest BCUT2D eigenvalue weighted by Gasteiger charge is -2.10. The minimum atomic E-state index is 1.01. The molecular formula is C22H22N3+. The smallest absolute Gasteiger partial charge is 0.212 e. The number of fused-ring (bicyclic) bond motifs is 1. The van der Waals surface area contributed by atoms with E-state index in [9.17, 15) is 0 Å². The van der Waals surface area contributed by atoms with Crippen LogP contribution >= 0.6 is 0 Å². The van der Waals surface area contributed by atoms with Crippen molar-refractivity contribution in [2.45, 2.75) is 13.8 Å². The Labute approximate surface area is 148 Å². The molecule has 0 aliphatic heterocycles. The molecular weight excluding hydrogens is 306 g/mol. The zero-order valence-corrected chi connectivity index (χ0v) is 15.1. The first kappa shape index (κ1) is 15.6. The molecule has 4 aromatic rings. The van der Waals surface area contributed by atoms with Gasteiger partial charge in [0, 0.05) is 30.3 Å². The molecule has 0 fully saturated rings. The van der Waals surface area contributed by atoms with Crippen molar-refractivity contribution >= 4 is 11.0 Å². The van der Waals surface area contributed by atoms with Crippen molar-refractivity contribution in [2.75, 3.05) is 0 Å². The summed E-state index contributed by atoms with van der Waals surface area (Å²) in [5, 5.41) is 0. The van der Waals surface area contributed by atoms with Gasteiger partial charge in [0.25, 0.3) is 0 Å². The highest BCUT2D eigenvalue weighted by molar-refractivity contribution is 5.83.